The van der Waals surface area contributed by atoms with Gasteiger partial charge in [-0.2, -0.15) is 0 Å². The van der Waals surface area contributed by atoms with Gasteiger partial charge in [-0.1, -0.05) is 19.9 Å². The Morgan fingerprint density at radius 2 is 2.00 bits per heavy atom. The van der Waals surface area contributed by atoms with E-state index in [0.29, 0.717) is 6.04 Å². The van der Waals surface area contributed by atoms with Crippen molar-refractivity contribution in [1.82, 2.24) is 10.2 Å². The molecule has 0 aliphatic carbocycles. The second kappa shape index (κ2) is 7.16. The first-order valence-corrected chi connectivity index (χ1v) is 8.07. The SMILES string of the molecule is CCN(CC)CC(C)NCc1cc2ccc(F)cc2s1. The Morgan fingerprint density at radius 1 is 1.25 bits per heavy atom. The van der Waals surface area contributed by atoms with Crippen molar-refractivity contribution in [3.63, 3.8) is 0 Å². The van der Waals surface area contributed by atoms with Crippen molar-refractivity contribution < 1.29 is 4.39 Å². The lowest BCUT2D eigenvalue weighted by Gasteiger charge is -2.23. The zero-order valence-corrected chi connectivity index (χ0v) is 13.3. The van der Waals surface area contributed by atoms with Gasteiger partial charge in [0.25, 0.3) is 0 Å². The number of nitrogens with one attached hydrogen (secondary N) is 1. The fourth-order valence-corrected chi connectivity index (χ4v) is 3.40. The molecule has 0 saturated carbocycles. The maximum Gasteiger partial charge on any atom is 0.124 e. The molecule has 1 aromatic heterocycles. The summed E-state index contributed by atoms with van der Waals surface area (Å²) in [6.07, 6.45) is 0. The quantitative estimate of drug-likeness (QED) is 0.834. The molecule has 0 bridgehead atoms. The van der Waals surface area contributed by atoms with E-state index < -0.39 is 0 Å². The van der Waals surface area contributed by atoms with Crippen LogP contribution < -0.4 is 5.32 Å². The number of rotatable bonds is 7. The maximum atomic E-state index is 13.2. The molecule has 0 amide bonds. The van der Waals surface area contributed by atoms with E-state index in [4.69, 9.17) is 0 Å². The molecule has 0 aliphatic heterocycles. The molecule has 1 aromatic carbocycles. The first-order chi connectivity index (χ1) is 9.62. The summed E-state index contributed by atoms with van der Waals surface area (Å²) >= 11 is 1.67. The van der Waals surface area contributed by atoms with Crippen LogP contribution in [0.3, 0.4) is 0 Å². The molecule has 2 rings (SSSR count). The first-order valence-electron chi connectivity index (χ1n) is 7.26. The van der Waals surface area contributed by atoms with Gasteiger partial charge in [-0.3, -0.25) is 0 Å². The molecule has 1 unspecified atom stereocenters. The Kier molecular flexibility index (Phi) is 5.52. The van der Waals surface area contributed by atoms with E-state index in [2.05, 4.69) is 37.1 Å². The molecule has 0 aliphatic rings. The van der Waals surface area contributed by atoms with Crippen LogP contribution in [0.2, 0.25) is 0 Å². The van der Waals surface area contributed by atoms with Gasteiger partial charge >= 0.3 is 0 Å². The molecule has 1 atom stereocenters. The fourth-order valence-electron chi connectivity index (χ4n) is 2.36. The average Bonchev–Trinajstić information content (AvgIpc) is 2.84. The van der Waals surface area contributed by atoms with Gasteiger partial charge in [0.1, 0.15) is 5.82 Å². The lowest BCUT2D eigenvalue weighted by atomic mass is 10.2. The Morgan fingerprint density at radius 3 is 2.70 bits per heavy atom. The van der Waals surface area contributed by atoms with Crippen LogP contribution in [0.1, 0.15) is 25.6 Å². The monoisotopic (exact) mass is 294 g/mol. The van der Waals surface area contributed by atoms with Crippen LogP contribution in [-0.2, 0) is 6.54 Å². The maximum absolute atomic E-state index is 13.2. The third-order valence-electron chi connectivity index (χ3n) is 3.58. The number of nitrogens with zero attached hydrogens (tertiary/aromatic N) is 1. The minimum absolute atomic E-state index is 0.159. The van der Waals surface area contributed by atoms with Gasteiger partial charge < -0.3 is 10.2 Å². The normalized spacial score (nSPS) is 13.2. The fraction of sp³-hybridized carbons (Fsp3) is 0.500. The van der Waals surface area contributed by atoms with E-state index in [-0.39, 0.29) is 5.82 Å². The summed E-state index contributed by atoms with van der Waals surface area (Å²) in [7, 11) is 0. The molecule has 1 heterocycles. The molecule has 110 valence electrons. The largest absolute Gasteiger partial charge is 0.308 e. The summed E-state index contributed by atoms with van der Waals surface area (Å²) in [4.78, 5) is 3.68. The summed E-state index contributed by atoms with van der Waals surface area (Å²) in [6, 6.07) is 7.59. The van der Waals surface area contributed by atoms with Crippen LogP contribution in [0.25, 0.3) is 10.1 Å². The van der Waals surface area contributed by atoms with Crippen molar-refractivity contribution in [2.45, 2.75) is 33.4 Å². The van der Waals surface area contributed by atoms with E-state index in [1.807, 2.05) is 6.07 Å². The molecule has 0 saturated heterocycles. The number of fused-ring (bicyclic) bond motifs is 1. The van der Waals surface area contributed by atoms with Gasteiger partial charge in [0.05, 0.1) is 0 Å². The third kappa shape index (κ3) is 4.01. The predicted octanol–water partition coefficient (Wildman–Crippen LogP) is 3.86. The Hall–Kier alpha value is -0.970. The number of hydrogen-bond donors (Lipinski definition) is 1. The van der Waals surface area contributed by atoms with Gasteiger partial charge in [0.2, 0.25) is 0 Å². The lowest BCUT2D eigenvalue weighted by molar-refractivity contribution is 0.271. The van der Waals surface area contributed by atoms with Crippen molar-refractivity contribution in [2.75, 3.05) is 19.6 Å². The minimum atomic E-state index is -0.159. The zero-order chi connectivity index (χ0) is 14.5. The van der Waals surface area contributed by atoms with Crippen molar-refractivity contribution in [1.29, 1.82) is 0 Å². The number of hydrogen-bond acceptors (Lipinski definition) is 3. The molecule has 2 nitrogen and oxygen atoms in total. The lowest BCUT2D eigenvalue weighted by Crippen LogP contribution is -2.38. The van der Waals surface area contributed by atoms with E-state index in [1.165, 1.54) is 10.9 Å². The molecular weight excluding hydrogens is 271 g/mol. The van der Waals surface area contributed by atoms with Gasteiger partial charge in [0.15, 0.2) is 0 Å². The van der Waals surface area contributed by atoms with Crippen molar-refractivity contribution >= 4 is 21.4 Å². The van der Waals surface area contributed by atoms with Crippen LogP contribution in [-0.4, -0.2) is 30.6 Å². The molecule has 0 fully saturated rings. The Bertz CT molecular complexity index is 548. The highest BCUT2D eigenvalue weighted by Crippen LogP contribution is 2.26. The molecule has 1 N–H and O–H groups in total. The van der Waals surface area contributed by atoms with E-state index in [1.54, 1.807) is 17.4 Å². The van der Waals surface area contributed by atoms with Crippen LogP contribution in [0.5, 0.6) is 0 Å². The standard InChI is InChI=1S/C16H23FN2S/c1-4-19(5-2)11-12(3)18-10-15-8-13-6-7-14(17)9-16(13)20-15/h6-9,12,18H,4-5,10-11H2,1-3H3. The minimum Gasteiger partial charge on any atom is -0.308 e. The summed E-state index contributed by atoms with van der Waals surface area (Å²) in [5.41, 5.74) is 0. The van der Waals surface area contributed by atoms with Gasteiger partial charge in [-0.15, -0.1) is 11.3 Å². The summed E-state index contributed by atoms with van der Waals surface area (Å²) < 4.78 is 14.2. The van der Waals surface area contributed by atoms with Crippen LogP contribution in [0.15, 0.2) is 24.3 Å². The third-order valence-corrected chi connectivity index (χ3v) is 4.68. The summed E-state index contributed by atoms with van der Waals surface area (Å²) in [5, 5.41) is 4.68. The summed E-state index contributed by atoms with van der Waals surface area (Å²) in [5.74, 6) is -0.159. The van der Waals surface area contributed by atoms with Crippen LogP contribution >= 0.6 is 11.3 Å². The van der Waals surface area contributed by atoms with Crippen molar-refractivity contribution in [3.05, 3.63) is 35.0 Å². The number of thiophene rings is 1. The molecule has 4 heteroatoms. The highest BCUT2D eigenvalue weighted by molar-refractivity contribution is 7.19. The van der Waals surface area contributed by atoms with E-state index in [0.717, 1.165) is 36.3 Å². The molecule has 2 aromatic rings. The number of benzene rings is 1. The van der Waals surface area contributed by atoms with E-state index >= 15 is 0 Å². The highest BCUT2D eigenvalue weighted by Gasteiger charge is 2.08. The Balaban J connectivity index is 1.92. The van der Waals surface area contributed by atoms with Crippen LogP contribution in [0, 0.1) is 5.82 Å². The number of halogens is 1. The van der Waals surface area contributed by atoms with Gasteiger partial charge in [-0.25, -0.2) is 4.39 Å². The second-order valence-corrected chi connectivity index (χ2v) is 6.33. The number of likely N-dealkylation sites (N-methyl/N-ethyl adjacent to an activating group) is 1. The molecule has 20 heavy (non-hydrogen) atoms. The van der Waals surface area contributed by atoms with E-state index in [9.17, 15) is 4.39 Å². The Labute approximate surface area is 124 Å². The van der Waals surface area contributed by atoms with Gasteiger partial charge in [-0.05, 0) is 43.6 Å². The smallest absolute Gasteiger partial charge is 0.124 e. The molecular formula is C16H23FN2S. The molecule has 0 spiro atoms. The van der Waals surface area contributed by atoms with Crippen molar-refractivity contribution in [2.24, 2.45) is 0 Å². The van der Waals surface area contributed by atoms with Crippen LogP contribution in [0.4, 0.5) is 4.39 Å². The summed E-state index contributed by atoms with van der Waals surface area (Å²) in [6.45, 7) is 10.7. The van der Waals surface area contributed by atoms with Gasteiger partial charge in [0, 0.05) is 28.7 Å². The second-order valence-electron chi connectivity index (χ2n) is 5.16. The zero-order valence-electron chi connectivity index (χ0n) is 12.4. The first kappa shape index (κ1) is 15.4. The topological polar surface area (TPSA) is 15.3 Å². The average molecular weight is 294 g/mol. The molecule has 0 radical (unpaired) electrons. The van der Waals surface area contributed by atoms with Crippen molar-refractivity contribution in [3.8, 4) is 0 Å². The predicted molar refractivity (Wildman–Crippen MR) is 85.9 cm³/mol. The highest BCUT2D eigenvalue weighted by atomic mass is 32.1.